The van der Waals surface area contributed by atoms with Crippen LogP contribution in [0.15, 0.2) is 6.07 Å². The van der Waals surface area contributed by atoms with Crippen LogP contribution in [-0.4, -0.2) is 28.0 Å². The molecule has 1 aromatic heterocycles. The first-order valence-electron chi connectivity index (χ1n) is 5.39. The van der Waals surface area contributed by atoms with Crippen LogP contribution >= 0.6 is 0 Å². The second kappa shape index (κ2) is 3.77. The van der Waals surface area contributed by atoms with E-state index >= 15 is 0 Å². The van der Waals surface area contributed by atoms with E-state index in [4.69, 9.17) is 10.00 Å². The first kappa shape index (κ1) is 11.5. The molecule has 0 fully saturated rings. The summed E-state index contributed by atoms with van der Waals surface area (Å²) < 4.78 is 6.93. The summed E-state index contributed by atoms with van der Waals surface area (Å²) in [5.74, 6) is 0.621. The van der Waals surface area contributed by atoms with Gasteiger partial charge in [0.2, 0.25) is 0 Å². The first-order chi connectivity index (χ1) is 7.90. The molecule has 1 aliphatic rings. The van der Waals surface area contributed by atoms with Crippen molar-refractivity contribution in [3.8, 4) is 6.07 Å². The van der Waals surface area contributed by atoms with E-state index in [1.807, 2.05) is 26.8 Å². The number of anilines is 1. The fraction of sp³-hybridized carbons (Fsp3) is 0.545. The Hall–Kier alpha value is -2.03. The molecule has 17 heavy (non-hydrogen) atoms. The Bertz CT molecular complexity index is 493. The highest BCUT2D eigenvalue weighted by Crippen LogP contribution is 2.24. The van der Waals surface area contributed by atoms with E-state index < -0.39 is 11.7 Å². The Balaban J connectivity index is 2.19. The minimum Gasteiger partial charge on any atom is -0.443 e. The van der Waals surface area contributed by atoms with E-state index in [1.165, 1.54) is 4.90 Å². The first-order valence-corrected chi connectivity index (χ1v) is 5.39. The summed E-state index contributed by atoms with van der Waals surface area (Å²) in [7, 11) is 0. The number of carbonyl (C=O) groups excluding carboxylic acids is 1. The van der Waals surface area contributed by atoms with Gasteiger partial charge in [-0.2, -0.15) is 10.4 Å². The maximum atomic E-state index is 11.9. The standard InChI is InChI=1S/C11H14N4O2/c1-11(2,3)17-10(16)14-4-5-15-9(14)6-8(7-12)13-15/h6H,4-5H2,1-3H3. The minimum atomic E-state index is -0.525. The molecular formula is C11H14N4O2. The van der Waals surface area contributed by atoms with Crippen LogP contribution in [0.25, 0.3) is 0 Å². The van der Waals surface area contributed by atoms with Crippen molar-refractivity contribution in [3.05, 3.63) is 11.8 Å². The molecule has 1 amide bonds. The van der Waals surface area contributed by atoms with Crippen LogP contribution in [-0.2, 0) is 11.3 Å². The third-order valence-electron chi connectivity index (χ3n) is 2.30. The van der Waals surface area contributed by atoms with E-state index in [0.29, 0.717) is 24.6 Å². The molecule has 0 radical (unpaired) electrons. The molecule has 6 heteroatoms. The van der Waals surface area contributed by atoms with Crippen molar-refractivity contribution in [2.45, 2.75) is 32.9 Å². The van der Waals surface area contributed by atoms with Crippen LogP contribution in [0.3, 0.4) is 0 Å². The molecule has 0 N–H and O–H groups in total. The molecule has 0 saturated carbocycles. The zero-order valence-corrected chi connectivity index (χ0v) is 10.1. The lowest BCUT2D eigenvalue weighted by Crippen LogP contribution is -2.35. The molecule has 0 bridgehead atoms. The summed E-state index contributed by atoms with van der Waals surface area (Å²) in [4.78, 5) is 13.4. The second-order valence-electron chi connectivity index (χ2n) is 4.85. The molecule has 2 rings (SSSR count). The van der Waals surface area contributed by atoms with Crippen molar-refractivity contribution in [2.24, 2.45) is 0 Å². The summed E-state index contributed by atoms with van der Waals surface area (Å²) >= 11 is 0. The van der Waals surface area contributed by atoms with Gasteiger partial charge in [0.1, 0.15) is 17.5 Å². The van der Waals surface area contributed by atoms with Gasteiger partial charge in [0.05, 0.1) is 13.1 Å². The van der Waals surface area contributed by atoms with Gasteiger partial charge >= 0.3 is 6.09 Å². The monoisotopic (exact) mass is 234 g/mol. The largest absolute Gasteiger partial charge is 0.443 e. The molecule has 1 aliphatic heterocycles. The van der Waals surface area contributed by atoms with Crippen LogP contribution < -0.4 is 4.90 Å². The van der Waals surface area contributed by atoms with E-state index in [-0.39, 0.29) is 0 Å². The number of carbonyl (C=O) groups is 1. The van der Waals surface area contributed by atoms with Gasteiger partial charge < -0.3 is 4.74 Å². The number of aromatic nitrogens is 2. The van der Waals surface area contributed by atoms with Gasteiger partial charge in [-0.15, -0.1) is 0 Å². The SMILES string of the molecule is CC(C)(C)OC(=O)N1CCn2nc(C#N)cc21. The number of amides is 1. The third-order valence-corrected chi connectivity index (χ3v) is 2.30. The Morgan fingerprint density at radius 1 is 1.53 bits per heavy atom. The molecular weight excluding hydrogens is 220 g/mol. The Morgan fingerprint density at radius 2 is 2.24 bits per heavy atom. The number of nitrogens with zero attached hydrogens (tertiary/aromatic N) is 4. The molecule has 0 spiro atoms. The lowest BCUT2D eigenvalue weighted by Gasteiger charge is -2.23. The minimum absolute atomic E-state index is 0.313. The lowest BCUT2D eigenvalue weighted by atomic mass is 10.2. The zero-order valence-electron chi connectivity index (χ0n) is 10.1. The van der Waals surface area contributed by atoms with Gasteiger partial charge in [0, 0.05) is 6.07 Å². The van der Waals surface area contributed by atoms with Gasteiger partial charge in [-0.3, -0.25) is 4.90 Å². The van der Waals surface area contributed by atoms with Gasteiger partial charge in [-0.25, -0.2) is 9.48 Å². The van der Waals surface area contributed by atoms with E-state index in [2.05, 4.69) is 5.10 Å². The summed E-state index contributed by atoms with van der Waals surface area (Å²) in [6.45, 7) is 6.58. The highest BCUT2D eigenvalue weighted by Gasteiger charge is 2.30. The highest BCUT2D eigenvalue weighted by atomic mass is 16.6. The zero-order chi connectivity index (χ0) is 12.6. The summed E-state index contributed by atoms with van der Waals surface area (Å²) in [5, 5.41) is 12.8. The van der Waals surface area contributed by atoms with Gasteiger partial charge in [-0.05, 0) is 20.8 Å². The van der Waals surface area contributed by atoms with Crippen molar-refractivity contribution in [1.29, 1.82) is 5.26 Å². The van der Waals surface area contributed by atoms with Crippen molar-refractivity contribution in [1.82, 2.24) is 9.78 Å². The fourth-order valence-corrected chi connectivity index (χ4v) is 1.65. The van der Waals surface area contributed by atoms with Crippen LogP contribution in [0.2, 0.25) is 0 Å². The summed E-state index contributed by atoms with van der Waals surface area (Å²) in [6.07, 6.45) is -0.402. The number of hydrogen-bond acceptors (Lipinski definition) is 4. The second-order valence-corrected chi connectivity index (χ2v) is 4.85. The molecule has 2 heterocycles. The maximum absolute atomic E-state index is 11.9. The summed E-state index contributed by atoms with van der Waals surface area (Å²) in [5.41, 5.74) is -0.212. The smallest absolute Gasteiger partial charge is 0.416 e. The van der Waals surface area contributed by atoms with Crippen LogP contribution in [0.5, 0.6) is 0 Å². The highest BCUT2D eigenvalue weighted by molar-refractivity contribution is 5.87. The lowest BCUT2D eigenvalue weighted by molar-refractivity contribution is 0.0584. The number of hydrogen-bond donors (Lipinski definition) is 0. The quantitative estimate of drug-likeness (QED) is 0.682. The van der Waals surface area contributed by atoms with Gasteiger partial charge in [0.25, 0.3) is 0 Å². The number of rotatable bonds is 0. The predicted molar refractivity (Wildman–Crippen MR) is 60.5 cm³/mol. The predicted octanol–water partition coefficient (Wildman–Crippen LogP) is 1.51. The molecule has 1 aromatic rings. The molecule has 0 aliphatic carbocycles. The number of nitriles is 1. The van der Waals surface area contributed by atoms with Crippen LogP contribution in [0.1, 0.15) is 26.5 Å². The van der Waals surface area contributed by atoms with Gasteiger partial charge in [-0.1, -0.05) is 0 Å². The van der Waals surface area contributed by atoms with E-state index in [1.54, 1.807) is 10.7 Å². The van der Waals surface area contributed by atoms with Crippen molar-refractivity contribution < 1.29 is 9.53 Å². The van der Waals surface area contributed by atoms with E-state index in [0.717, 1.165) is 0 Å². The average molecular weight is 234 g/mol. The molecule has 0 saturated heterocycles. The average Bonchev–Trinajstić information content (AvgIpc) is 2.71. The third kappa shape index (κ3) is 2.23. The van der Waals surface area contributed by atoms with Crippen molar-refractivity contribution in [3.63, 3.8) is 0 Å². The molecule has 0 aromatic carbocycles. The molecule has 0 atom stereocenters. The Kier molecular flexibility index (Phi) is 2.54. The fourth-order valence-electron chi connectivity index (χ4n) is 1.65. The normalized spacial score (nSPS) is 14.4. The number of ether oxygens (including phenoxy) is 1. The van der Waals surface area contributed by atoms with E-state index in [9.17, 15) is 4.79 Å². The molecule has 90 valence electrons. The van der Waals surface area contributed by atoms with Crippen molar-refractivity contribution >= 4 is 11.9 Å². The van der Waals surface area contributed by atoms with Gasteiger partial charge in [0.15, 0.2) is 5.69 Å². The number of fused-ring (bicyclic) bond motifs is 1. The Morgan fingerprint density at radius 3 is 2.82 bits per heavy atom. The van der Waals surface area contributed by atoms with Crippen LogP contribution in [0.4, 0.5) is 10.6 Å². The Labute approximate surface area is 99.4 Å². The van der Waals surface area contributed by atoms with Crippen molar-refractivity contribution in [2.75, 3.05) is 11.4 Å². The topological polar surface area (TPSA) is 71.2 Å². The molecule has 0 unspecified atom stereocenters. The van der Waals surface area contributed by atoms with Crippen LogP contribution in [0, 0.1) is 11.3 Å². The molecule has 6 nitrogen and oxygen atoms in total. The summed E-state index contributed by atoms with van der Waals surface area (Å²) in [6, 6.07) is 3.55. The maximum Gasteiger partial charge on any atom is 0.416 e.